The molecule has 4 atom stereocenters. The van der Waals surface area contributed by atoms with Crippen LogP contribution in [0.15, 0.2) is 208 Å². The van der Waals surface area contributed by atoms with Crippen LogP contribution in [0.2, 0.25) is 0 Å². The van der Waals surface area contributed by atoms with Crippen molar-refractivity contribution in [2.75, 3.05) is 54.4 Å². The van der Waals surface area contributed by atoms with Gasteiger partial charge in [0.05, 0.1) is 70.9 Å². The maximum absolute atomic E-state index is 15.6. The monoisotopic (exact) mass is 1800 g/mol. The maximum Gasteiger partial charge on any atom is 0.477 e. The van der Waals surface area contributed by atoms with Gasteiger partial charge in [-0.25, -0.2) is 51.8 Å². The second kappa shape index (κ2) is 33.3. The number of nitrogens with zero attached hydrogens (tertiary/aromatic N) is 8. The number of benzene rings is 7. The van der Waals surface area contributed by atoms with Crippen LogP contribution < -0.4 is 30.2 Å². The molecule has 5 N–H and O–H groups in total. The number of carbonyl (C=O) groups is 11. The van der Waals surface area contributed by atoms with Gasteiger partial charge in [0.2, 0.25) is 6.23 Å². The molecule has 1 unspecified atom stereocenters. The number of aromatic nitrogens is 2. The summed E-state index contributed by atoms with van der Waals surface area (Å²) in [5.41, 5.74) is -0.801. The van der Waals surface area contributed by atoms with Gasteiger partial charge in [0, 0.05) is 83.7 Å². The lowest BCUT2D eigenvalue weighted by molar-refractivity contribution is -0.139. The number of esters is 1. The minimum Gasteiger partial charge on any atom is -0.497 e. The second-order valence-electron chi connectivity index (χ2n) is 30.8. The van der Waals surface area contributed by atoms with Crippen LogP contribution in [0.3, 0.4) is 0 Å². The number of fused-ring (bicyclic) bond motifs is 8. The Hall–Kier alpha value is -14.7. The summed E-state index contributed by atoms with van der Waals surface area (Å²) in [5.74, 6) is -6.30. The lowest BCUT2D eigenvalue weighted by Crippen LogP contribution is -2.52. The zero-order chi connectivity index (χ0) is 90.3. The number of phosphoric ester groups is 2. The fourth-order valence-electron chi connectivity index (χ4n) is 16.7. The third-order valence-electron chi connectivity index (χ3n) is 23.1. The number of imide groups is 3. The third kappa shape index (κ3) is 15.4. The zero-order valence-corrected chi connectivity index (χ0v) is 69.7. The van der Waals surface area contributed by atoms with E-state index in [1.807, 2.05) is 12.1 Å². The van der Waals surface area contributed by atoms with Crippen molar-refractivity contribution in [3.8, 4) is 17.2 Å². The lowest BCUT2D eigenvalue weighted by atomic mass is 9.94. The van der Waals surface area contributed by atoms with E-state index in [4.69, 9.17) is 55.6 Å². The van der Waals surface area contributed by atoms with E-state index in [2.05, 4.69) is 30.4 Å². The van der Waals surface area contributed by atoms with Crippen molar-refractivity contribution in [2.24, 2.45) is 0 Å². The van der Waals surface area contributed by atoms with Crippen LogP contribution in [0.5, 0.6) is 17.2 Å². The molecular formula is C88H71F2N11O26P2. The van der Waals surface area contributed by atoms with E-state index < -0.39 is 118 Å². The average molecular weight is 1800 g/mol. The molecule has 0 radical (unpaired) electrons. The standard InChI is InChI=1S/C35H31N4O9P.C32H21F2N3O8.C21H19N4O9P/c1-44-28-13-12-26-19-38(32(40)29(26)17-28)22-35(31-16-27-18-36-15-14-30(27)48-31)33(41)39(34(42)37-35)23-47-49(43,45-20-24-8-4-2-5-9-24)46-21-25-10-6-3-7-11-25;1-43-20-9-7-15-12-36(27(39)23(15)24(20)33)13-32(21-11-16-10-14-6-8-19(38)22(14)25(34)26(16)44-21)30(41)37(31(42)35-32)28-17-4-2-3-5-18(17)29(40)45-28;1-32-14-3-2-12-9-24(18(26)15(12)7-14)10-21(17-6-13-8-22-5-4-16(13)34-17)19(27)25(20(28)23-21)11-33-35(29,30)31/h2-18H,19-23H2,1H3,(H,37,42);2-5,7,9-11,28H,6,8,12-13H2,1H3,(H,35,42);2-8H,9-11H2,1H3,(H,23,28)(H2,29,30,31)/t35-;28?,32-;21-/m000/s1. The van der Waals surface area contributed by atoms with E-state index in [1.54, 1.807) is 128 Å². The molecule has 12 amide bonds. The molecule has 41 heteroatoms. The number of furan rings is 3. The highest BCUT2D eigenvalue weighted by molar-refractivity contribution is 7.48. The fraction of sp³-hybridized carbons (Fsp3) is 0.216. The molecule has 37 nitrogen and oxygen atoms in total. The van der Waals surface area contributed by atoms with E-state index >= 15 is 8.78 Å². The molecular weight excluding hydrogens is 1730 g/mol. The van der Waals surface area contributed by atoms with Crippen LogP contribution in [0.25, 0.3) is 32.9 Å². The van der Waals surface area contributed by atoms with Crippen molar-refractivity contribution in [2.45, 2.75) is 68.5 Å². The number of pyridine rings is 2. The molecule has 1 aliphatic carbocycles. The Morgan fingerprint density at radius 2 is 0.961 bits per heavy atom. The van der Waals surface area contributed by atoms with Crippen LogP contribution in [0.4, 0.5) is 23.2 Å². The highest BCUT2D eigenvalue weighted by Gasteiger charge is 2.62. The average Bonchev–Trinajstić information content (AvgIpc) is 1.56. The number of methoxy groups -OCH3 is 3. The van der Waals surface area contributed by atoms with Crippen LogP contribution in [-0.4, -0.2) is 169 Å². The van der Waals surface area contributed by atoms with Gasteiger partial charge in [-0.05, 0) is 113 Å². The van der Waals surface area contributed by atoms with Gasteiger partial charge < -0.3 is 72.6 Å². The summed E-state index contributed by atoms with van der Waals surface area (Å²) in [6.45, 7) is -2.94. The van der Waals surface area contributed by atoms with E-state index in [-0.39, 0.29) is 126 Å². The zero-order valence-electron chi connectivity index (χ0n) is 68.0. The molecule has 12 heterocycles. The summed E-state index contributed by atoms with van der Waals surface area (Å²) < 4.78 is 116. The molecule has 658 valence electrons. The van der Waals surface area contributed by atoms with E-state index in [0.29, 0.717) is 88.6 Å². The number of nitrogens with one attached hydrogen (secondary N) is 3. The Kier molecular flexibility index (Phi) is 21.9. The Balaban J connectivity index is 0.000000132. The Morgan fingerprint density at radius 1 is 0.473 bits per heavy atom. The summed E-state index contributed by atoms with van der Waals surface area (Å²) in [6.07, 6.45) is 5.15. The number of rotatable bonds is 25. The minimum atomic E-state index is -4.98. The SMILES string of the molecule is COc1ccc2c(c1)C(=O)N(C[C@@]1(c3cc4cnccc4o3)NC(=O)N(COP(=O)(O)O)C1=O)C2.COc1ccc2c(c1)C(=O)N(C[C@@]1(c3cc4cnccc4o3)NC(=O)N(COP(=O)(OCc3ccccc3)OCc3ccccc3)C1=O)C2.COc1ccc2c(c1F)C(=O)N(C[C@@]1(c3cc4cc5c(c(F)c4o3)C(=O)CC5)NC(=O)N(C3OC(=O)c4ccccc43)C1=O)C2. The largest absolute Gasteiger partial charge is 0.497 e. The molecule has 0 saturated carbocycles. The molecule has 3 fully saturated rings. The number of cyclic esters (lactones) is 1. The molecule has 3 saturated heterocycles. The van der Waals surface area contributed by atoms with E-state index in [9.17, 15) is 61.9 Å². The van der Waals surface area contributed by atoms with E-state index in [1.165, 1.54) is 86.1 Å². The minimum absolute atomic E-state index is 0.0267. The second-order valence-corrected chi connectivity index (χ2v) is 33.7. The Labute approximate surface area is 727 Å². The molecule has 12 aromatic rings. The van der Waals surface area contributed by atoms with Gasteiger partial charge >= 0.3 is 39.7 Å². The quantitative estimate of drug-likeness (QED) is 0.0201. The first-order valence-corrected chi connectivity index (χ1v) is 42.6. The number of hydrogen-bond acceptors (Lipinski definition) is 26. The van der Waals surface area contributed by atoms with Crippen LogP contribution >= 0.6 is 15.6 Å². The fourth-order valence-corrected chi connectivity index (χ4v) is 18.1. The van der Waals surface area contributed by atoms with Crippen molar-refractivity contribution in [1.82, 2.24) is 55.3 Å². The van der Waals surface area contributed by atoms with Crippen LogP contribution in [-0.2, 0) is 102 Å². The van der Waals surface area contributed by atoms with Gasteiger partial charge in [0.25, 0.3) is 35.4 Å². The summed E-state index contributed by atoms with van der Waals surface area (Å²) >= 11 is 0. The van der Waals surface area contributed by atoms with Crippen molar-refractivity contribution in [1.29, 1.82) is 0 Å². The Morgan fingerprint density at radius 3 is 1.50 bits per heavy atom. The topological polar surface area (TPSA) is 457 Å². The Bertz CT molecular complexity index is 6720. The first-order valence-electron chi connectivity index (χ1n) is 39.6. The number of hydrogen-bond donors (Lipinski definition) is 5. The molecule has 8 aliphatic rings. The van der Waals surface area contributed by atoms with Gasteiger partial charge in [-0.2, -0.15) is 0 Å². The normalized spacial score (nSPS) is 19.7. The first kappa shape index (κ1) is 85.1. The van der Waals surface area contributed by atoms with Crippen LogP contribution in [0.1, 0.15) is 121 Å². The van der Waals surface area contributed by atoms with Gasteiger partial charge in [-0.3, -0.25) is 61.6 Å². The summed E-state index contributed by atoms with van der Waals surface area (Å²) in [6, 6.07) is 43.8. The number of ether oxygens (including phenoxy) is 4. The highest BCUT2D eigenvalue weighted by Crippen LogP contribution is 2.53. The van der Waals surface area contributed by atoms with Crippen molar-refractivity contribution >= 4 is 114 Å². The molecule has 5 aromatic heterocycles. The maximum atomic E-state index is 15.6. The summed E-state index contributed by atoms with van der Waals surface area (Å²) in [7, 11) is -5.09. The smallest absolute Gasteiger partial charge is 0.477 e. The number of amides is 12. The molecule has 129 heavy (non-hydrogen) atoms. The van der Waals surface area contributed by atoms with Gasteiger partial charge in [-0.15, -0.1) is 0 Å². The number of carbonyl (C=O) groups excluding carboxylic acids is 11. The molecule has 7 aliphatic heterocycles. The lowest BCUT2D eigenvalue weighted by Gasteiger charge is -2.30. The molecule has 20 rings (SSSR count). The van der Waals surface area contributed by atoms with Crippen molar-refractivity contribution in [3.63, 3.8) is 0 Å². The van der Waals surface area contributed by atoms with Gasteiger partial charge in [0.15, 0.2) is 45.4 Å². The van der Waals surface area contributed by atoms with Crippen LogP contribution in [0, 0.1) is 11.6 Å². The molecule has 0 spiro atoms. The number of Topliss-reactive ketones (excluding diaryl/α,β-unsaturated/α-hetero) is 1. The number of urea groups is 3. The van der Waals surface area contributed by atoms with Gasteiger partial charge in [0.1, 0.15) is 53.4 Å². The van der Waals surface area contributed by atoms with Gasteiger partial charge in [-0.1, -0.05) is 97.1 Å². The van der Waals surface area contributed by atoms with E-state index in [0.717, 1.165) is 15.4 Å². The number of halogens is 2. The number of ketones is 1. The third-order valence-corrected chi connectivity index (χ3v) is 24.9. The highest BCUT2D eigenvalue weighted by atomic mass is 31.2. The predicted molar refractivity (Wildman–Crippen MR) is 440 cm³/mol. The predicted octanol–water partition coefficient (Wildman–Crippen LogP) is 11.2. The summed E-state index contributed by atoms with van der Waals surface area (Å²) in [4.78, 5) is 180. The van der Waals surface area contributed by atoms with Crippen molar-refractivity contribution < 1.29 is 131 Å². The first-order chi connectivity index (χ1) is 62.0. The molecule has 0 bridgehead atoms. The van der Waals surface area contributed by atoms with Crippen molar-refractivity contribution in [3.05, 3.63) is 290 Å². The number of phosphoric acid groups is 2. The number of aryl methyl sites for hydroxylation is 1. The summed E-state index contributed by atoms with van der Waals surface area (Å²) in [5, 5.41) is 9.28. The molecule has 7 aromatic carbocycles.